The molecule has 0 aromatic heterocycles. The smallest absolute Gasteiger partial charge is 0.261 e. The van der Waals surface area contributed by atoms with Crippen LogP contribution in [0.15, 0.2) is 47.4 Å². The Morgan fingerprint density at radius 3 is 2.29 bits per heavy atom. The van der Waals surface area contributed by atoms with Crippen molar-refractivity contribution in [1.82, 2.24) is 0 Å². The van der Waals surface area contributed by atoms with Crippen molar-refractivity contribution >= 4 is 27.3 Å². The molecule has 0 aliphatic carbocycles. The van der Waals surface area contributed by atoms with Crippen LogP contribution in [-0.4, -0.2) is 21.4 Å². The lowest BCUT2D eigenvalue weighted by molar-refractivity contribution is -0.114. The molecule has 2 rings (SSSR count). The summed E-state index contributed by atoms with van der Waals surface area (Å²) in [6.45, 7) is 1.38. The topological polar surface area (TPSA) is 108 Å². The number of sulfonamides is 1. The van der Waals surface area contributed by atoms with E-state index in [-0.39, 0.29) is 16.4 Å². The summed E-state index contributed by atoms with van der Waals surface area (Å²) in [5.74, 6) is 0.0849. The zero-order chi connectivity index (χ0) is 17.7. The van der Waals surface area contributed by atoms with Gasteiger partial charge in [-0.05, 0) is 42.5 Å². The van der Waals surface area contributed by atoms with Gasteiger partial charge in [0.15, 0.2) is 0 Å². The molecule has 0 bridgehead atoms. The molecule has 7 nitrogen and oxygen atoms in total. The van der Waals surface area contributed by atoms with Crippen molar-refractivity contribution in [1.29, 1.82) is 5.26 Å². The Hall–Kier alpha value is -3.05. The summed E-state index contributed by atoms with van der Waals surface area (Å²) >= 11 is 0. The quantitative estimate of drug-likeness (QED) is 0.864. The van der Waals surface area contributed by atoms with Gasteiger partial charge in [0.2, 0.25) is 5.91 Å². The number of anilines is 2. The second-order valence-corrected chi connectivity index (χ2v) is 6.52. The van der Waals surface area contributed by atoms with Crippen molar-refractivity contribution in [3.8, 4) is 11.8 Å². The fraction of sp³-hybridized carbons (Fsp3) is 0.125. The minimum atomic E-state index is -3.85. The number of carbonyl (C=O) groups excluding carboxylic acids is 1. The zero-order valence-electron chi connectivity index (χ0n) is 13.0. The first kappa shape index (κ1) is 17.3. The fourth-order valence-corrected chi connectivity index (χ4v) is 3.06. The van der Waals surface area contributed by atoms with E-state index in [1.807, 2.05) is 6.07 Å². The van der Waals surface area contributed by atoms with Crippen LogP contribution in [0, 0.1) is 11.3 Å². The summed E-state index contributed by atoms with van der Waals surface area (Å²) in [6, 6.07) is 12.1. The number of nitrogens with zero attached hydrogens (tertiary/aromatic N) is 1. The molecule has 0 spiro atoms. The van der Waals surface area contributed by atoms with Gasteiger partial charge in [0.25, 0.3) is 10.0 Å². The number of benzene rings is 2. The molecule has 2 N–H and O–H groups in total. The van der Waals surface area contributed by atoms with Gasteiger partial charge in [-0.2, -0.15) is 5.26 Å². The van der Waals surface area contributed by atoms with Crippen LogP contribution in [0.3, 0.4) is 0 Å². The maximum Gasteiger partial charge on any atom is 0.261 e. The number of ether oxygens (including phenoxy) is 1. The third-order valence-electron chi connectivity index (χ3n) is 3.06. The normalized spacial score (nSPS) is 10.5. The Balaban J connectivity index is 2.25. The van der Waals surface area contributed by atoms with Crippen LogP contribution >= 0.6 is 0 Å². The minimum Gasteiger partial charge on any atom is -0.495 e. The predicted octanol–water partition coefficient (Wildman–Crippen LogP) is 2.33. The van der Waals surface area contributed by atoms with E-state index < -0.39 is 10.0 Å². The minimum absolute atomic E-state index is 0.0502. The molecule has 24 heavy (non-hydrogen) atoms. The first-order valence-corrected chi connectivity index (χ1v) is 8.32. The molecule has 8 heteroatoms. The molecule has 0 aliphatic heterocycles. The van der Waals surface area contributed by atoms with E-state index in [0.717, 1.165) is 0 Å². The van der Waals surface area contributed by atoms with Crippen molar-refractivity contribution in [3.63, 3.8) is 0 Å². The van der Waals surface area contributed by atoms with Gasteiger partial charge in [-0.1, -0.05) is 0 Å². The van der Waals surface area contributed by atoms with Crippen LogP contribution in [0.4, 0.5) is 11.4 Å². The van der Waals surface area contributed by atoms with Gasteiger partial charge in [0.1, 0.15) is 11.8 Å². The van der Waals surface area contributed by atoms with E-state index >= 15 is 0 Å². The highest BCUT2D eigenvalue weighted by molar-refractivity contribution is 7.92. The van der Waals surface area contributed by atoms with Gasteiger partial charge in [0.05, 0.1) is 17.6 Å². The molecule has 2 aromatic carbocycles. The first-order valence-electron chi connectivity index (χ1n) is 6.84. The lowest BCUT2D eigenvalue weighted by atomic mass is 10.2. The summed E-state index contributed by atoms with van der Waals surface area (Å²) in [4.78, 5) is 10.9. The van der Waals surface area contributed by atoms with E-state index in [4.69, 9.17) is 10.00 Å². The van der Waals surface area contributed by atoms with Crippen LogP contribution in [0.25, 0.3) is 0 Å². The molecule has 0 aliphatic rings. The fourth-order valence-electron chi connectivity index (χ4n) is 1.98. The highest BCUT2D eigenvalue weighted by Gasteiger charge is 2.16. The molecule has 1 amide bonds. The number of nitriles is 1. The van der Waals surface area contributed by atoms with Crippen LogP contribution in [0.5, 0.6) is 5.75 Å². The molecular formula is C16H15N3O4S. The Morgan fingerprint density at radius 2 is 1.75 bits per heavy atom. The number of carbonyl (C=O) groups is 1. The summed E-state index contributed by atoms with van der Waals surface area (Å²) in [5, 5.41) is 11.6. The first-order chi connectivity index (χ1) is 11.4. The van der Waals surface area contributed by atoms with Gasteiger partial charge in [-0.25, -0.2) is 8.42 Å². The van der Waals surface area contributed by atoms with Crippen LogP contribution in [0.1, 0.15) is 12.5 Å². The molecule has 0 unspecified atom stereocenters. The molecule has 0 heterocycles. The monoisotopic (exact) mass is 345 g/mol. The largest absolute Gasteiger partial charge is 0.495 e. The number of hydrogen-bond donors (Lipinski definition) is 2. The van der Waals surface area contributed by atoms with E-state index in [2.05, 4.69) is 10.0 Å². The predicted molar refractivity (Wildman–Crippen MR) is 89.3 cm³/mol. The van der Waals surface area contributed by atoms with E-state index in [1.54, 1.807) is 12.1 Å². The van der Waals surface area contributed by atoms with E-state index in [0.29, 0.717) is 17.1 Å². The van der Waals surface area contributed by atoms with Gasteiger partial charge < -0.3 is 10.1 Å². The lowest BCUT2D eigenvalue weighted by Gasteiger charge is -2.10. The zero-order valence-corrected chi connectivity index (χ0v) is 13.8. The second kappa shape index (κ2) is 7.02. The van der Waals surface area contributed by atoms with Gasteiger partial charge >= 0.3 is 0 Å². The summed E-state index contributed by atoms with van der Waals surface area (Å²) < 4.78 is 32.2. The Labute approximate surface area is 139 Å². The molecule has 0 atom stereocenters. The average Bonchev–Trinajstić information content (AvgIpc) is 2.55. The third-order valence-corrected chi connectivity index (χ3v) is 4.44. The van der Waals surface area contributed by atoms with Gasteiger partial charge in [-0.15, -0.1) is 0 Å². The average molecular weight is 345 g/mol. The van der Waals surface area contributed by atoms with Crippen molar-refractivity contribution in [2.75, 3.05) is 17.1 Å². The summed E-state index contributed by atoms with van der Waals surface area (Å²) in [6.07, 6.45) is 0. The highest BCUT2D eigenvalue weighted by atomic mass is 32.2. The molecule has 2 aromatic rings. The maximum atomic E-state index is 12.4. The standard InChI is InChI=1S/C16H15N3O4S/c1-11(20)18-13-3-5-14(6-4-13)19-24(21,22)15-7-8-16(23-2)12(9-15)10-17/h3-9,19H,1-2H3,(H,18,20). The van der Waals surface area contributed by atoms with Crippen molar-refractivity contribution in [3.05, 3.63) is 48.0 Å². The molecule has 0 saturated carbocycles. The van der Waals surface area contributed by atoms with Gasteiger partial charge in [-0.3, -0.25) is 9.52 Å². The summed E-state index contributed by atoms with van der Waals surface area (Å²) in [5.41, 5.74) is 1.02. The molecule has 124 valence electrons. The van der Waals surface area contributed by atoms with Crippen LogP contribution in [-0.2, 0) is 14.8 Å². The van der Waals surface area contributed by atoms with Crippen LogP contribution < -0.4 is 14.8 Å². The molecule has 0 saturated heterocycles. The van der Waals surface area contributed by atoms with Gasteiger partial charge in [0, 0.05) is 18.3 Å². The van der Waals surface area contributed by atoms with E-state index in [9.17, 15) is 13.2 Å². The molecular weight excluding hydrogens is 330 g/mol. The molecule has 0 fully saturated rings. The number of nitrogens with one attached hydrogen (secondary N) is 2. The summed E-state index contributed by atoms with van der Waals surface area (Å²) in [7, 11) is -2.45. The number of hydrogen-bond acceptors (Lipinski definition) is 5. The number of rotatable bonds is 5. The van der Waals surface area contributed by atoms with Crippen molar-refractivity contribution in [2.24, 2.45) is 0 Å². The SMILES string of the molecule is COc1ccc(S(=O)(=O)Nc2ccc(NC(C)=O)cc2)cc1C#N. The number of methoxy groups -OCH3 is 1. The van der Waals surface area contributed by atoms with Crippen molar-refractivity contribution < 1.29 is 17.9 Å². The van der Waals surface area contributed by atoms with Crippen molar-refractivity contribution in [2.45, 2.75) is 11.8 Å². The van der Waals surface area contributed by atoms with E-state index in [1.165, 1.54) is 44.4 Å². The Morgan fingerprint density at radius 1 is 1.12 bits per heavy atom. The highest BCUT2D eigenvalue weighted by Crippen LogP contribution is 2.24. The van der Waals surface area contributed by atoms with Crippen LogP contribution in [0.2, 0.25) is 0 Å². The lowest BCUT2D eigenvalue weighted by Crippen LogP contribution is -2.13. The molecule has 0 radical (unpaired) electrons. The maximum absolute atomic E-state index is 12.4. The third kappa shape index (κ3) is 4.02. The Bertz CT molecular complexity index is 900. The number of amides is 1. The second-order valence-electron chi connectivity index (χ2n) is 4.84. The Kier molecular flexibility index (Phi) is 5.06.